The van der Waals surface area contributed by atoms with Gasteiger partial charge in [0.25, 0.3) is 5.91 Å². The van der Waals surface area contributed by atoms with Gasteiger partial charge in [0, 0.05) is 10.6 Å². The number of hydrogen-bond acceptors (Lipinski definition) is 4. The summed E-state index contributed by atoms with van der Waals surface area (Å²) in [5.41, 5.74) is 1.11. The number of carbonyl (C=O) groups is 2. The second kappa shape index (κ2) is 6.87. The average Bonchev–Trinajstić information content (AvgIpc) is 3.12. The van der Waals surface area contributed by atoms with Gasteiger partial charge in [0.15, 0.2) is 5.82 Å². The van der Waals surface area contributed by atoms with Crippen LogP contribution in [0.15, 0.2) is 36.1 Å². The van der Waals surface area contributed by atoms with Gasteiger partial charge in [-0.25, -0.2) is 0 Å². The number of rotatable bonds is 4. The number of nitrogens with zero attached hydrogens (tertiary/aromatic N) is 3. The van der Waals surface area contributed by atoms with Crippen LogP contribution in [0.25, 0.3) is 0 Å². The number of aromatic nitrogens is 2. The molecule has 1 aromatic carbocycles. The van der Waals surface area contributed by atoms with Crippen LogP contribution in [0, 0.1) is 0 Å². The van der Waals surface area contributed by atoms with E-state index < -0.39 is 5.91 Å². The predicted molar refractivity (Wildman–Crippen MR) is 97.5 cm³/mol. The molecule has 0 spiro atoms. The summed E-state index contributed by atoms with van der Waals surface area (Å²) in [4.78, 5) is 23.8. The summed E-state index contributed by atoms with van der Waals surface area (Å²) >= 11 is 18.3. The first-order valence-corrected chi connectivity index (χ1v) is 8.06. The third kappa shape index (κ3) is 3.39. The van der Waals surface area contributed by atoms with Crippen molar-refractivity contribution >= 4 is 63.8 Å². The van der Waals surface area contributed by atoms with E-state index in [2.05, 4.69) is 27.2 Å². The van der Waals surface area contributed by atoms with Crippen LogP contribution in [0.1, 0.15) is 12.0 Å². The van der Waals surface area contributed by atoms with E-state index in [0.717, 1.165) is 11.1 Å². The molecule has 3 rings (SSSR count). The lowest BCUT2D eigenvalue weighted by molar-refractivity contribution is -0.117. The third-order valence-electron chi connectivity index (χ3n) is 3.35. The molecule has 0 bridgehead atoms. The smallest absolute Gasteiger partial charge is 0.253 e. The lowest BCUT2D eigenvalue weighted by atomic mass is 10.1. The van der Waals surface area contributed by atoms with Crippen molar-refractivity contribution in [2.24, 2.45) is 5.10 Å². The van der Waals surface area contributed by atoms with Crippen molar-refractivity contribution in [3.63, 3.8) is 0 Å². The van der Waals surface area contributed by atoms with Crippen molar-refractivity contribution in [2.75, 3.05) is 10.3 Å². The number of amides is 2. The number of aromatic amines is 1. The van der Waals surface area contributed by atoms with E-state index in [1.165, 1.54) is 18.3 Å². The van der Waals surface area contributed by atoms with Crippen LogP contribution in [-0.2, 0) is 9.59 Å². The van der Waals surface area contributed by atoms with Crippen molar-refractivity contribution in [1.82, 2.24) is 10.2 Å². The Balaban J connectivity index is 1.99. The van der Waals surface area contributed by atoms with Crippen LogP contribution < -0.4 is 10.3 Å². The Hall–Kier alpha value is -2.35. The van der Waals surface area contributed by atoms with Gasteiger partial charge in [-0.1, -0.05) is 41.4 Å². The van der Waals surface area contributed by atoms with Crippen LogP contribution >= 0.6 is 34.8 Å². The predicted octanol–water partition coefficient (Wildman–Crippen LogP) is 3.64. The van der Waals surface area contributed by atoms with E-state index in [-0.39, 0.29) is 23.8 Å². The van der Waals surface area contributed by atoms with Gasteiger partial charge < -0.3 is 5.32 Å². The van der Waals surface area contributed by atoms with E-state index in [0.29, 0.717) is 26.3 Å². The number of anilines is 2. The maximum absolute atomic E-state index is 12.4. The van der Waals surface area contributed by atoms with E-state index in [1.807, 2.05) is 0 Å². The van der Waals surface area contributed by atoms with Crippen molar-refractivity contribution in [2.45, 2.75) is 6.42 Å². The fourth-order valence-corrected chi connectivity index (χ4v) is 3.32. The Labute approximate surface area is 157 Å². The number of carbonyl (C=O) groups excluding carboxylic acids is 2. The molecule has 1 aromatic heterocycles. The summed E-state index contributed by atoms with van der Waals surface area (Å²) < 4.78 is 0. The van der Waals surface area contributed by atoms with E-state index >= 15 is 0 Å². The number of nitrogens with one attached hydrogen (secondary N) is 2. The molecule has 0 fully saturated rings. The normalized spacial score (nSPS) is 13.8. The number of hydrazone groups is 1. The Kier molecular flexibility index (Phi) is 4.80. The Bertz CT molecular complexity index is 899. The highest BCUT2D eigenvalue weighted by atomic mass is 35.5. The zero-order valence-electron chi connectivity index (χ0n) is 12.5. The molecule has 0 atom stereocenters. The van der Waals surface area contributed by atoms with Crippen LogP contribution in [-0.4, -0.2) is 27.7 Å². The molecular weight excluding hydrogens is 389 g/mol. The Morgan fingerprint density at radius 2 is 2.00 bits per heavy atom. The molecule has 0 radical (unpaired) electrons. The number of halogens is 3. The summed E-state index contributed by atoms with van der Waals surface area (Å²) in [7, 11) is 0. The summed E-state index contributed by atoms with van der Waals surface area (Å²) in [6.07, 6.45) is 2.45. The molecule has 128 valence electrons. The number of benzene rings is 1. The minimum atomic E-state index is -0.454. The minimum Gasteiger partial charge on any atom is -0.306 e. The first-order chi connectivity index (χ1) is 11.9. The second-order valence-corrected chi connectivity index (χ2v) is 6.25. The van der Waals surface area contributed by atoms with Crippen molar-refractivity contribution in [1.29, 1.82) is 0 Å². The van der Waals surface area contributed by atoms with Gasteiger partial charge in [-0.05, 0) is 18.2 Å². The molecule has 0 saturated carbocycles. The SMILES string of the molecule is C=CC(=O)Nc1[nH]ncc1N1N=C(c2c(Cl)cc(Cl)cc2Cl)CC1=O. The van der Waals surface area contributed by atoms with Crippen LogP contribution in [0.4, 0.5) is 11.5 Å². The molecular formula is C15H10Cl3N5O2. The fraction of sp³-hybridized carbons (Fsp3) is 0.0667. The lowest BCUT2D eigenvalue weighted by Crippen LogP contribution is -2.21. The third-order valence-corrected chi connectivity index (χ3v) is 4.17. The second-order valence-electron chi connectivity index (χ2n) is 5.00. The standard InChI is InChI=1S/C15H10Cl3N5O2/c1-2-12(24)20-15-11(6-19-21-15)23-13(25)5-10(22-23)14-8(17)3-7(16)4-9(14)18/h2-4,6H,1,5H2,(H2,19,20,21,24). The lowest BCUT2D eigenvalue weighted by Gasteiger charge is -2.11. The van der Waals surface area contributed by atoms with E-state index in [4.69, 9.17) is 34.8 Å². The quantitative estimate of drug-likeness (QED) is 0.770. The van der Waals surface area contributed by atoms with Crippen LogP contribution in [0.3, 0.4) is 0 Å². The summed E-state index contributed by atoms with van der Waals surface area (Å²) in [5, 5.41) is 15.3. The monoisotopic (exact) mass is 397 g/mol. The molecule has 2 amide bonds. The van der Waals surface area contributed by atoms with Gasteiger partial charge in [0.1, 0.15) is 5.69 Å². The first kappa shape index (κ1) is 17.5. The summed E-state index contributed by atoms with van der Waals surface area (Å²) in [6.45, 7) is 3.37. The van der Waals surface area contributed by atoms with E-state index in [9.17, 15) is 9.59 Å². The molecule has 1 aliphatic rings. The topological polar surface area (TPSA) is 90.4 Å². The summed E-state index contributed by atoms with van der Waals surface area (Å²) in [6, 6.07) is 3.04. The van der Waals surface area contributed by atoms with Gasteiger partial charge in [-0.2, -0.15) is 15.2 Å². The molecule has 10 heteroatoms. The Morgan fingerprint density at radius 3 is 2.64 bits per heavy atom. The minimum absolute atomic E-state index is 0.0128. The van der Waals surface area contributed by atoms with Gasteiger partial charge in [0.05, 0.1) is 28.4 Å². The zero-order chi connectivity index (χ0) is 18.1. The zero-order valence-corrected chi connectivity index (χ0v) is 14.8. The van der Waals surface area contributed by atoms with Gasteiger partial charge in [0.2, 0.25) is 5.91 Å². The number of H-pyrrole nitrogens is 1. The van der Waals surface area contributed by atoms with Crippen molar-refractivity contribution < 1.29 is 9.59 Å². The van der Waals surface area contributed by atoms with Crippen LogP contribution in [0.2, 0.25) is 15.1 Å². The fourth-order valence-electron chi connectivity index (χ4n) is 2.28. The van der Waals surface area contributed by atoms with Crippen LogP contribution in [0.5, 0.6) is 0 Å². The highest BCUT2D eigenvalue weighted by Crippen LogP contribution is 2.34. The molecule has 2 aromatic rings. The highest BCUT2D eigenvalue weighted by molar-refractivity contribution is 6.43. The van der Waals surface area contributed by atoms with Gasteiger partial charge in [-0.3, -0.25) is 14.7 Å². The Morgan fingerprint density at radius 1 is 1.32 bits per heavy atom. The molecule has 25 heavy (non-hydrogen) atoms. The van der Waals surface area contributed by atoms with Gasteiger partial charge in [-0.15, -0.1) is 0 Å². The highest BCUT2D eigenvalue weighted by Gasteiger charge is 2.31. The molecule has 7 nitrogen and oxygen atoms in total. The van der Waals surface area contributed by atoms with Crippen molar-refractivity contribution in [3.05, 3.63) is 51.6 Å². The maximum atomic E-state index is 12.4. The number of hydrogen-bond donors (Lipinski definition) is 2. The molecule has 2 heterocycles. The molecule has 0 unspecified atom stereocenters. The molecule has 0 saturated heterocycles. The van der Waals surface area contributed by atoms with E-state index in [1.54, 1.807) is 0 Å². The molecule has 2 N–H and O–H groups in total. The summed E-state index contributed by atoms with van der Waals surface area (Å²) in [5.74, 6) is -0.561. The average molecular weight is 399 g/mol. The van der Waals surface area contributed by atoms with Crippen molar-refractivity contribution in [3.8, 4) is 0 Å². The first-order valence-electron chi connectivity index (χ1n) is 6.93. The largest absolute Gasteiger partial charge is 0.306 e. The maximum Gasteiger partial charge on any atom is 0.253 e. The van der Waals surface area contributed by atoms with Gasteiger partial charge >= 0.3 is 0 Å². The molecule has 0 aliphatic carbocycles. The molecule has 1 aliphatic heterocycles.